The van der Waals surface area contributed by atoms with Gasteiger partial charge in [0.25, 0.3) is 0 Å². The van der Waals surface area contributed by atoms with E-state index < -0.39 is 0 Å². The first-order valence-corrected chi connectivity index (χ1v) is 2.54. The molecule has 1 rings (SSSR count). The van der Waals surface area contributed by atoms with Crippen molar-refractivity contribution >= 4 is 10.2 Å². The quantitative estimate of drug-likeness (QED) is 0.358. The van der Waals surface area contributed by atoms with Crippen LogP contribution in [0.3, 0.4) is 0 Å². The van der Waals surface area contributed by atoms with E-state index in [0.29, 0.717) is 0 Å². The van der Waals surface area contributed by atoms with Gasteiger partial charge in [-0.05, 0) is 0 Å². The average molecular weight is 71.2 g/mol. The second-order valence-corrected chi connectivity index (χ2v) is 2.60. The van der Waals surface area contributed by atoms with Crippen molar-refractivity contribution in [3.05, 3.63) is 0 Å². The Labute approximate surface area is 29.6 Å². The molecule has 0 amide bonds. The lowest BCUT2D eigenvalue weighted by Crippen LogP contribution is -1.47. The van der Waals surface area contributed by atoms with Gasteiger partial charge in [0.2, 0.25) is 0 Å². The number of hydrogen-bond donors (Lipinski definition) is 0. The van der Waals surface area contributed by atoms with Crippen molar-refractivity contribution in [2.75, 3.05) is 0 Å². The molecule has 0 unspecified atom stereocenters. The molecule has 0 aromatic carbocycles. The Kier molecular flexibility index (Phi) is 0.356. The topological polar surface area (TPSA) is 0 Å². The summed E-state index contributed by atoms with van der Waals surface area (Å²) in [6, 6.07) is 0. The van der Waals surface area contributed by atoms with Crippen molar-refractivity contribution < 1.29 is 0 Å². The van der Waals surface area contributed by atoms with Crippen LogP contribution < -0.4 is 0 Å². The zero-order valence-corrected chi connectivity index (χ0v) is 4.11. The molecule has 0 heterocycles. The molecule has 0 nitrogen and oxygen atoms in total. The van der Waals surface area contributed by atoms with E-state index in [4.69, 9.17) is 0 Å². The van der Waals surface area contributed by atoms with Crippen LogP contribution in [0.4, 0.5) is 0 Å². The van der Waals surface area contributed by atoms with Gasteiger partial charge in [-0.1, -0.05) is 18.4 Å². The summed E-state index contributed by atoms with van der Waals surface area (Å²) in [5.74, 6) is 0. The SMILES string of the molecule is [SiH2]C1CC1. The summed E-state index contributed by atoms with van der Waals surface area (Å²) < 4.78 is 0. The average Bonchev–Trinajstić information content (AvgIpc) is 1.75. The molecule has 0 atom stereocenters. The number of hydrogen-bond acceptors (Lipinski definition) is 0. The maximum absolute atomic E-state index is 2.11. The van der Waals surface area contributed by atoms with Crippen molar-refractivity contribution in [2.24, 2.45) is 0 Å². The lowest BCUT2D eigenvalue weighted by molar-refractivity contribution is 1.47. The maximum atomic E-state index is 2.11. The van der Waals surface area contributed by atoms with E-state index in [2.05, 4.69) is 10.2 Å². The molecule has 0 aromatic heterocycles. The Hall–Kier alpha value is 0.217. The molecule has 0 aromatic rings. The van der Waals surface area contributed by atoms with Crippen LogP contribution in [0.5, 0.6) is 0 Å². The minimum absolute atomic E-state index is 1.11. The molecule has 23 valence electrons. The molecular formula is C3H7Si. The molecule has 1 aliphatic carbocycles. The van der Waals surface area contributed by atoms with Gasteiger partial charge in [-0.15, -0.1) is 0 Å². The van der Waals surface area contributed by atoms with Crippen molar-refractivity contribution in [2.45, 2.75) is 18.4 Å². The molecule has 1 heteroatoms. The molecule has 0 N–H and O–H groups in total. The Morgan fingerprint density at radius 3 is 1.75 bits per heavy atom. The van der Waals surface area contributed by atoms with Gasteiger partial charge < -0.3 is 0 Å². The predicted octanol–water partition coefficient (Wildman–Crippen LogP) is 0.202. The molecular weight excluding hydrogens is 64.1 g/mol. The Balaban J connectivity index is 2.17. The van der Waals surface area contributed by atoms with Crippen LogP contribution in [0, 0.1) is 0 Å². The molecule has 1 fully saturated rings. The fourth-order valence-corrected chi connectivity index (χ4v) is 0.354. The Morgan fingerprint density at radius 1 is 1.50 bits per heavy atom. The van der Waals surface area contributed by atoms with Gasteiger partial charge in [-0.2, -0.15) is 0 Å². The molecule has 4 heavy (non-hydrogen) atoms. The van der Waals surface area contributed by atoms with Crippen LogP contribution in [0.15, 0.2) is 0 Å². The van der Waals surface area contributed by atoms with E-state index in [0.717, 1.165) is 5.54 Å². The van der Waals surface area contributed by atoms with E-state index >= 15 is 0 Å². The van der Waals surface area contributed by atoms with Crippen LogP contribution >= 0.6 is 0 Å². The highest BCUT2D eigenvalue weighted by molar-refractivity contribution is 6.13. The minimum Gasteiger partial charge on any atom is -0.0539 e. The van der Waals surface area contributed by atoms with Crippen molar-refractivity contribution in [1.82, 2.24) is 0 Å². The van der Waals surface area contributed by atoms with Gasteiger partial charge in [0.05, 0.1) is 0 Å². The van der Waals surface area contributed by atoms with Crippen molar-refractivity contribution in [3.8, 4) is 0 Å². The first-order valence-electron chi connectivity index (χ1n) is 1.72. The van der Waals surface area contributed by atoms with Crippen LogP contribution in [-0.2, 0) is 0 Å². The molecule has 1 saturated carbocycles. The molecule has 0 spiro atoms. The standard InChI is InChI=1S/C3H7Si/c4-3-1-2-3/h3H,1-2,4H2. The Bertz CT molecular complexity index is 22.5. The summed E-state index contributed by atoms with van der Waals surface area (Å²) in [6.45, 7) is 0. The predicted molar refractivity (Wildman–Crippen MR) is 21.5 cm³/mol. The molecule has 0 saturated heterocycles. The zero-order chi connectivity index (χ0) is 2.99. The van der Waals surface area contributed by atoms with Crippen molar-refractivity contribution in [3.63, 3.8) is 0 Å². The van der Waals surface area contributed by atoms with Crippen molar-refractivity contribution in [1.29, 1.82) is 0 Å². The molecule has 0 bridgehead atoms. The summed E-state index contributed by atoms with van der Waals surface area (Å²) in [4.78, 5) is 0. The smallest absolute Gasteiger partial charge is 0.0121 e. The van der Waals surface area contributed by atoms with Gasteiger partial charge in [0.15, 0.2) is 0 Å². The van der Waals surface area contributed by atoms with Gasteiger partial charge in [0.1, 0.15) is 0 Å². The number of rotatable bonds is 0. The van der Waals surface area contributed by atoms with Gasteiger partial charge in [0, 0.05) is 10.2 Å². The highest BCUT2D eigenvalue weighted by atomic mass is 28.1. The van der Waals surface area contributed by atoms with E-state index in [1.165, 1.54) is 12.8 Å². The zero-order valence-electron chi connectivity index (χ0n) is 2.70. The van der Waals surface area contributed by atoms with Gasteiger partial charge >= 0.3 is 0 Å². The first kappa shape index (κ1) is 2.45. The highest BCUT2D eigenvalue weighted by Crippen LogP contribution is 2.31. The summed E-state index contributed by atoms with van der Waals surface area (Å²) in [6.07, 6.45) is 3.00. The van der Waals surface area contributed by atoms with Gasteiger partial charge in [-0.25, -0.2) is 0 Å². The third kappa shape index (κ3) is 0.317. The molecule has 0 aliphatic heterocycles. The summed E-state index contributed by atoms with van der Waals surface area (Å²) in [7, 11) is 2.11. The summed E-state index contributed by atoms with van der Waals surface area (Å²) in [5.41, 5.74) is 1.11. The van der Waals surface area contributed by atoms with Crippen LogP contribution in [0.2, 0.25) is 5.54 Å². The largest absolute Gasteiger partial charge is 0.0539 e. The minimum atomic E-state index is 1.11. The molecule has 1 aliphatic rings. The van der Waals surface area contributed by atoms with E-state index in [-0.39, 0.29) is 0 Å². The van der Waals surface area contributed by atoms with E-state index in [1.54, 1.807) is 0 Å². The third-order valence-electron chi connectivity index (χ3n) is 0.697. The summed E-state index contributed by atoms with van der Waals surface area (Å²) >= 11 is 0. The Morgan fingerprint density at radius 2 is 1.75 bits per heavy atom. The second kappa shape index (κ2) is 0.581. The monoisotopic (exact) mass is 71.0 g/mol. The van der Waals surface area contributed by atoms with E-state index in [9.17, 15) is 0 Å². The van der Waals surface area contributed by atoms with Crippen LogP contribution in [0.25, 0.3) is 0 Å². The third-order valence-corrected chi connectivity index (χ3v) is 1.51. The second-order valence-electron chi connectivity index (χ2n) is 1.44. The van der Waals surface area contributed by atoms with Gasteiger partial charge in [-0.3, -0.25) is 0 Å². The molecule has 1 radical (unpaired) electrons. The lowest BCUT2D eigenvalue weighted by Gasteiger charge is -1.52. The first-order chi connectivity index (χ1) is 1.89. The normalized spacial score (nSPS) is 26.2. The fraction of sp³-hybridized carbons (Fsp3) is 1.00. The van der Waals surface area contributed by atoms with Crippen LogP contribution in [-0.4, -0.2) is 10.2 Å². The van der Waals surface area contributed by atoms with E-state index in [1.807, 2.05) is 0 Å². The highest BCUT2D eigenvalue weighted by Gasteiger charge is 2.12. The summed E-state index contributed by atoms with van der Waals surface area (Å²) in [5, 5.41) is 0. The maximum Gasteiger partial charge on any atom is 0.0121 e. The fourth-order valence-electron chi connectivity index (χ4n) is 0.118. The lowest BCUT2D eigenvalue weighted by atomic mass is 11.0. The van der Waals surface area contributed by atoms with Crippen LogP contribution in [0.1, 0.15) is 12.8 Å².